The van der Waals surface area contributed by atoms with Crippen molar-refractivity contribution in [2.24, 2.45) is 0 Å². The molecule has 2 amide bonds. The van der Waals surface area contributed by atoms with Crippen LogP contribution in [0.4, 0.5) is 4.79 Å². The number of hydrogen-bond acceptors (Lipinski definition) is 4. The van der Waals surface area contributed by atoms with Gasteiger partial charge in [0, 0.05) is 37.6 Å². The Bertz CT molecular complexity index is 781. The van der Waals surface area contributed by atoms with Crippen LogP contribution >= 0.6 is 23.2 Å². The smallest absolute Gasteiger partial charge is 0.317 e. The number of likely N-dealkylation sites (N-methyl/N-ethyl adjacent to an activating group) is 1. The zero-order valence-electron chi connectivity index (χ0n) is 14.7. The van der Waals surface area contributed by atoms with E-state index in [0.717, 1.165) is 25.1 Å². The zero-order valence-corrected chi connectivity index (χ0v) is 16.2. The molecule has 0 radical (unpaired) electrons. The number of carbonyl (C=O) groups excluding carboxylic acids is 1. The molecule has 1 fully saturated rings. The fraction of sp³-hybridized carbons (Fsp3) is 0.389. The van der Waals surface area contributed by atoms with E-state index in [1.165, 1.54) is 0 Å². The normalized spacial score (nSPS) is 17.8. The van der Waals surface area contributed by atoms with Crippen molar-refractivity contribution >= 4 is 29.2 Å². The Morgan fingerprint density at radius 1 is 1.35 bits per heavy atom. The van der Waals surface area contributed by atoms with Gasteiger partial charge in [-0.3, -0.25) is 9.97 Å². The van der Waals surface area contributed by atoms with Crippen LogP contribution in [0.25, 0.3) is 11.3 Å². The summed E-state index contributed by atoms with van der Waals surface area (Å²) in [6.07, 6.45) is 5.79. The number of carbonyl (C=O) groups is 1. The van der Waals surface area contributed by atoms with E-state index in [9.17, 15) is 4.79 Å². The number of nitrogens with zero attached hydrogens (tertiary/aromatic N) is 3. The van der Waals surface area contributed by atoms with Gasteiger partial charge in [-0.1, -0.05) is 35.3 Å². The fourth-order valence-electron chi connectivity index (χ4n) is 3.04. The van der Waals surface area contributed by atoms with Gasteiger partial charge in [-0.25, -0.2) is 4.79 Å². The van der Waals surface area contributed by atoms with Crippen LogP contribution in [0.5, 0.6) is 0 Å². The van der Waals surface area contributed by atoms with Gasteiger partial charge >= 0.3 is 6.03 Å². The minimum Gasteiger partial charge on any atom is -0.331 e. The van der Waals surface area contributed by atoms with Gasteiger partial charge in [-0.2, -0.15) is 0 Å². The van der Waals surface area contributed by atoms with Gasteiger partial charge in [0.1, 0.15) is 0 Å². The van der Waals surface area contributed by atoms with Crippen molar-refractivity contribution in [1.29, 1.82) is 0 Å². The summed E-state index contributed by atoms with van der Waals surface area (Å²) in [6.45, 7) is 3.64. The van der Waals surface area contributed by atoms with Crippen molar-refractivity contribution in [2.45, 2.75) is 25.4 Å². The van der Waals surface area contributed by atoms with Crippen LogP contribution < -0.4 is 10.6 Å². The summed E-state index contributed by atoms with van der Waals surface area (Å²) < 4.78 is 0. The minimum absolute atomic E-state index is 0.128. The average Bonchev–Trinajstić information content (AvgIpc) is 3.18. The molecule has 0 aliphatic carbocycles. The lowest BCUT2D eigenvalue weighted by molar-refractivity contribution is 0.190. The van der Waals surface area contributed by atoms with Gasteiger partial charge < -0.3 is 15.5 Å². The standard InChI is InChI=1S/C18H21Cl2N5O/c1-11(24-18(26)25(2)12-5-6-21-9-12)13-3-4-14(17(20)16(13)19)15-10-22-7-8-23-15/h3-4,7-8,10-12,21H,5-6,9H2,1-2H3,(H,24,26)/t11-,12?/m0/s1. The highest BCUT2D eigenvalue weighted by Crippen LogP contribution is 2.37. The first kappa shape index (κ1) is 18.9. The van der Waals surface area contributed by atoms with Crippen LogP contribution in [-0.4, -0.2) is 47.1 Å². The van der Waals surface area contributed by atoms with Gasteiger partial charge in [-0.15, -0.1) is 0 Å². The van der Waals surface area contributed by atoms with Crippen LogP contribution in [0.2, 0.25) is 10.0 Å². The Morgan fingerprint density at radius 2 is 2.15 bits per heavy atom. The second-order valence-electron chi connectivity index (χ2n) is 6.35. The minimum atomic E-state index is -0.278. The molecular weight excluding hydrogens is 373 g/mol. The number of nitrogens with one attached hydrogen (secondary N) is 2. The third-order valence-electron chi connectivity index (χ3n) is 4.66. The van der Waals surface area contributed by atoms with Crippen LogP contribution in [0.1, 0.15) is 24.9 Å². The highest BCUT2D eigenvalue weighted by Gasteiger charge is 2.25. The lowest BCUT2D eigenvalue weighted by Crippen LogP contribution is -2.45. The van der Waals surface area contributed by atoms with Crippen LogP contribution in [-0.2, 0) is 0 Å². The van der Waals surface area contributed by atoms with Crippen molar-refractivity contribution in [2.75, 3.05) is 20.1 Å². The molecule has 26 heavy (non-hydrogen) atoms. The van der Waals surface area contributed by atoms with Gasteiger partial charge in [0.25, 0.3) is 0 Å². The molecule has 8 heteroatoms. The first-order chi connectivity index (χ1) is 12.5. The molecule has 6 nitrogen and oxygen atoms in total. The van der Waals surface area contributed by atoms with Crippen LogP contribution in [0.3, 0.4) is 0 Å². The molecular formula is C18H21Cl2N5O. The number of halogens is 2. The largest absolute Gasteiger partial charge is 0.331 e. The summed E-state index contributed by atoms with van der Waals surface area (Å²) in [5.41, 5.74) is 2.12. The number of urea groups is 1. The molecule has 138 valence electrons. The van der Waals surface area contributed by atoms with Gasteiger partial charge in [0.15, 0.2) is 0 Å². The van der Waals surface area contributed by atoms with Crippen LogP contribution in [0.15, 0.2) is 30.7 Å². The van der Waals surface area contributed by atoms with Crippen molar-refractivity contribution in [3.05, 3.63) is 46.3 Å². The van der Waals surface area contributed by atoms with Crippen molar-refractivity contribution in [3.8, 4) is 11.3 Å². The van der Waals surface area contributed by atoms with E-state index in [2.05, 4.69) is 20.6 Å². The molecule has 0 saturated carbocycles. The summed E-state index contributed by atoms with van der Waals surface area (Å²) in [7, 11) is 1.81. The molecule has 1 aromatic carbocycles. The lowest BCUT2D eigenvalue weighted by Gasteiger charge is -2.26. The average molecular weight is 394 g/mol. The number of rotatable bonds is 4. The van der Waals surface area contributed by atoms with E-state index in [0.29, 0.717) is 21.3 Å². The van der Waals surface area contributed by atoms with Gasteiger partial charge in [-0.05, 0) is 25.5 Å². The molecule has 1 unspecified atom stereocenters. The molecule has 2 atom stereocenters. The highest BCUT2D eigenvalue weighted by molar-refractivity contribution is 6.44. The molecule has 0 spiro atoms. The quantitative estimate of drug-likeness (QED) is 0.833. The second-order valence-corrected chi connectivity index (χ2v) is 7.11. The lowest BCUT2D eigenvalue weighted by atomic mass is 10.0. The topological polar surface area (TPSA) is 70.2 Å². The Kier molecular flexibility index (Phi) is 5.96. The van der Waals surface area contributed by atoms with Gasteiger partial charge in [0.05, 0.1) is 28.0 Å². The zero-order chi connectivity index (χ0) is 18.7. The first-order valence-electron chi connectivity index (χ1n) is 8.47. The molecule has 1 aromatic heterocycles. The van der Waals surface area contributed by atoms with Crippen molar-refractivity contribution in [1.82, 2.24) is 25.5 Å². The molecule has 2 aromatic rings. The Morgan fingerprint density at radius 3 is 2.81 bits per heavy atom. The second kappa shape index (κ2) is 8.20. The molecule has 1 aliphatic rings. The van der Waals surface area contributed by atoms with E-state index in [-0.39, 0.29) is 18.1 Å². The van der Waals surface area contributed by atoms with Crippen molar-refractivity contribution < 1.29 is 4.79 Å². The first-order valence-corrected chi connectivity index (χ1v) is 9.23. The number of amides is 2. The summed E-state index contributed by atoms with van der Waals surface area (Å²) >= 11 is 12.9. The number of benzene rings is 1. The summed E-state index contributed by atoms with van der Waals surface area (Å²) in [5, 5.41) is 7.06. The Hall–Kier alpha value is -1.89. The predicted octanol–water partition coefficient (Wildman–Crippen LogP) is 3.51. The number of hydrogen-bond donors (Lipinski definition) is 2. The van der Waals surface area contributed by atoms with Gasteiger partial charge in [0.2, 0.25) is 0 Å². The maximum Gasteiger partial charge on any atom is 0.317 e. The Balaban J connectivity index is 1.76. The van der Waals surface area contributed by atoms with E-state index in [4.69, 9.17) is 23.2 Å². The predicted molar refractivity (Wildman–Crippen MR) is 103 cm³/mol. The van der Waals surface area contributed by atoms with E-state index >= 15 is 0 Å². The molecule has 0 bridgehead atoms. The third-order valence-corrected chi connectivity index (χ3v) is 5.56. The monoisotopic (exact) mass is 393 g/mol. The summed E-state index contributed by atoms with van der Waals surface area (Å²) in [5.74, 6) is 0. The molecule has 3 rings (SSSR count). The van der Waals surface area contributed by atoms with E-state index in [1.54, 1.807) is 23.5 Å². The molecule has 2 N–H and O–H groups in total. The Labute approximate surface area is 162 Å². The molecule has 1 saturated heterocycles. The maximum absolute atomic E-state index is 12.5. The number of aromatic nitrogens is 2. The summed E-state index contributed by atoms with van der Waals surface area (Å²) in [6, 6.07) is 3.51. The van der Waals surface area contributed by atoms with E-state index < -0.39 is 0 Å². The highest BCUT2D eigenvalue weighted by atomic mass is 35.5. The molecule has 1 aliphatic heterocycles. The maximum atomic E-state index is 12.5. The summed E-state index contributed by atoms with van der Waals surface area (Å²) in [4.78, 5) is 22.5. The fourth-order valence-corrected chi connectivity index (χ4v) is 3.63. The van der Waals surface area contributed by atoms with Crippen molar-refractivity contribution in [3.63, 3.8) is 0 Å². The van der Waals surface area contributed by atoms with E-state index in [1.807, 2.05) is 26.1 Å². The molecule has 2 heterocycles. The SMILES string of the molecule is C[C@H](NC(=O)N(C)C1CCNC1)c1ccc(-c2cnccn2)c(Cl)c1Cl. The van der Waals surface area contributed by atoms with Crippen LogP contribution in [0, 0.1) is 0 Å². The third kappa shape index (κ3) is 3.92.